The van der Waals surface area contributed by atoms with Crippen LogP contribution in [0.1, 0.15) is 11.1 Å². The molecule has 23 heavy (non-hydrogen) atoms. The highest BCUT2D eigenvalue weighted by atomic mass is 35.5. The summed E-state index contributed by atoms with van der Waals surface area (Å²) >= 11 is 0. The molecule has 124 valence electrons. The van der Waals surface area contributed by atoms with Crippen LogP contribution in [0.2, 0.25) is 0 Å². The number of nitrogens with one attached hydrogen (secondary N) is 1. The molecule has 0 aliphatic carbocycles. The lowest BCUT2D eigenvalue weighted by Crippen LogP contribution is -2.16. The van der Waals surface area contributed by atoms with E-state index in [1.165, 1.54) is 11.1 Å². The molecule has 0 aliphatic heterocycles. The topological polar surface area (TPSA) is 30.5 Å². The van der Waals surface area contributed by atoms with Gasteiger partial charge in [-0.1, -0.05) is 43.0 Å². The summed E-state index contributed by atoms with van der Waals surface area (Å²) < 4.78 is 10.8. The number of para-hydroxylation sites is 1. The number of hydrogen-bond donors (Lipinski definition) is 1. The Bertz CT molecular complexity index is 584. The van der Waals surface area contributed by atoms with Gasteiger partial charge in [0.15, 0.2) is 0 Å². The van der Waals surface area contributed by atoms with Crippen molar-refractivity contribution in [1.82, 2.24) is 5.32 Å². The van der Waals surface area contributed by atoms with Crippen LogP contribution in [0.25, 0.3) is 0 Å². The van der Waals surface area contributed by atoms with Gasteiger partial charge in [-0.3, -0.25) is 0 Å². The maximum absolute atomic E-state index is 5.47. The molecule has 0 saturated carbocycles. The van der Waals surface area contributed by atoms with Crippen molar-refractivity contribution in [2.24, 2.45) is 0 Å². The molecule has 2 aromatic carbocycles. The number of methoxy groups -OCH3 is 1. The van der Waals surface area contributed by atoms with Crippen molar-refractivity contribution in [2.75, 3.05) is 20.3 Å². The number of rotatable bonds is 9. The van der Waals surface area contributed by atoms with Gasteiger partial charge in [0.1, 0.15) is 18.1 Å². The maximum atomic E-state index is 5.47. The molecule has 3 nitrogen and oxygen atoms in total. The van der Waals surface area contributed by atoms with E-state index in [4.69, 9.17) is 9.47 Å². The Kier molecular flexibility index (Phi) is 8.88. The number of ether oxygens (including phenoxy) is 2. The van der Waals surface area contributed by atoms with E-state index in [9.17, 15) is 0 Å². The standard InChI is InChI=1S/C19H23NO2.ClH/c1-3-14-22-18-10-8-16(9-11-18)15-20-13-12-17-6-4-5-7-19(17)21-2;/h3-11,20H,1,12-15H2,2H3;1H. The van der Waals surface area contributed by atoms with E-state index in [0.717, 1.165) is 31.0 Å². The molecule has 0 radical (unpaired) electrons. The Hall–Kier alpha value is -1.97. The molecule has 2 rings (SSSR count). The average Bonchev–Trinajstić information content (AvgIpc) is 2.58. The van der Waals surface area contributed by atoms with Gasteiger partial charge in [0.25, 0.3) is 0 Å². The van der Waals surface area contributed by atoms with Crippen molar-refractivity contribution < 1.29 is 9.47 Å². The number of halogens is 1. The predicted molar refractivity (Wildman–Crippen MR) is 97.8 cm³/mol. The largest absolute Gasteiger partial charge is 0.496 e. The van der Waals surface area contributed by atoms with Gasteiger partial charge in [-0.05, 0) is 42.3 Å². The van der Waals surface area contributed by atoms with Crippen molar-refractivity contribution >= 4 is 12.4 Å². The molecule has 2 aromatic rings. The summed E-state index contributed by atoms with van der Waals surface area (Å²) in [5, 5.41) is 3.45. The predicted octanol–water partition coefficient (Wildman–Crippen LogP) is 4.01. The highest BCUT2D eigenvalue weighted by Gasteiger charge is 2.01. The third-order valence-corrected chi connectivity index (χ3v) is 3.38. The van der Waals surface area contributed by atoms with Crippen molar-refractivity contribution in [2.45, 2.75) is 13.0 Å². The second-order valence-electron chi connectivity index (χ2n) is 4.98. The maximum Gasteiger partial charge on any atom is 0.122 e. The van der Waals surface area contributed by atoms with Crippen molar-refractivity contribution in [3.05, 3.63) is 72.3 Å². The highest BCUT2D eigenvalue weighted by molar-refractivity contribution is 5.85. The first-order valence-electron chi connectivity index (χ1n) is 7.48. The lowest BCUT2D eigenvalue weighted by Gasteiger charge is -2.09. The van der Waals surface area contributed by atoms with Crippen LogP contribution in [0.4, 0.5) is 0 Å². The average molecular weight is 334 g/mol. The van der Waals surface area contributed by atoms with Crippen LogP contribution < -0.4 is 14.8 Å². The summed E-state index contributed by atoms with van der Waals surface area (Å²) in [6, 6.07) is 16.3. The van der Waals surface area contributed by atoms with Gasteiger partial charge < -0.3 is 14.8 Å². The molecule has 0 atom stereocenters. The molecule has 0 spiro atoms. The van der Waals surface area contributed by atoms with Crippen LogP contribution in [-0.2, 0) is 13.0 Å². The van der Waals surface area contributed by atoms with Crippen LogP contribution in [-0.4, -0.2) is 20.3 Å². The van der Waals surface area contributed by atoms with E-state index in [1.54, 1.807) is 13.2 Å². The molecular formula is C19H24ClNO2. The first-order valence-corrected chi connectivity index (χ1v) is 7.48. The highest BCUT2D eigenvalue weighted by Crippen LogP contribution is 2.17. The van der Waals surface area contributed by atoms with Crippen LogP contribution in [0.3, 0.4) is 0 Å². The second-order valence-corrected chi connectivity index (χ2v) is 4.98. The van der Waals surface area contributed by atoms with Gasteiger partial charge in [0, 0.05) is 6.54 Å². The summed E-state index contributed by atoms with van der Waals surface area (Å²) in [5.74, 6) is 1.82. The van der Waals surface area contributed by atoms with E-state index in [0.29, 0.717) is 6.61 Å². The molecule has 0 saturated heterocycles. The Balaban J connectivity index is 0.00000264. The molecule has 0 heterocycles. The fourth-order valence-electron chi connectivity index (χ4n) is 2.22. The fraction of sp³-hybridized carbons (Fsp3) is 0.263. The normalized spacial score (nSPS) is 9.78. The SMILES string of the molecule is C=CCOc1ccc(CNCCc2ccccc2OC)cc1.Cl. The van der Waals surface area contributed by atoms with Crippen molar-refractivity contribution in [3.8, 4) is 11.5 Å². The molecule has 0 aromatic heterocycles. The molecule has 0 amide bonds. The molecule has 1 N–H and O–H groups in total. The third-order valence-electron chi connectivity index (χ3n) is 3.38. The summed E-state index contributed by atoms with van der Waals surface area (Å²) in [7, 11) is 1.71. The zero-order valence-corrected chi connectivity index (χ0v) is 14.3. The van der Waals surface area contributed by atoms with Gasteiger partial charge in [-0.15, -0.1) is 12.4 Å². The molecule has 0 aliphatic rings. The first kappa shape index (κ1) is 19.1. The Morgan fingerprint density at radius 2 is 1.83 bits per heavy atom. The van der Waals surface area contributed by atoms with E-state index in [-0.39, 0.29) is 12.4 Å². The quantitative estimate of drug-likeness (QED) is 0.555. The van der Waals surface area contributed by atoms with Crippen LogP contribution in [0, 0.1) is 0 Å². The van der Waals surface area contributed by atoms with Gasteiger partial charge in [0.2, 0.25) is 0 Å². The zero-order chi connectivity index (χ0) is 15.6. The Labute approximate surface area is 144 Å². The van der Waals surface area contributed by atoms with E-state index >= 15 is 0 Å². The van der Waals surface area contributed by atoms with Crippen LogP contribution in [0.15, 0.2) is 61.2 Å². The summed E-state index contributed by atoms with van der Waals surface area (Å²) in [6.07, 6.45) is 2.69. The van der Waals surface area contributed by atoms with Crippen LogP contribution in [0.5, 0.6) is 11.5 Å². The van der Waals surface area contributed by atoms with E-state index < -0.39 is 0 Å². The first-order chi connectivity index (χ1) is 10.8. The van der Waals surface area contributed by atoms with E-state index in [2.05, 4.69) is 30.1 Å². The lowest BCUT2D eigenvalue weighted by atomic mass is 10.1. The number of benzene rings is 2. The summed E-state index contributed by atoms with van der Waals surface area (Å²) in [5.41, 5.74) is 2.47. The Morgan fingerprint density at radius 1 is 1.09 bits per heavy atom. The monoisotopic (exact) mass is 333 g/mol. The lowest BCUT2D eigenvalue weighted by molar-refractivity contribution is 0.363. The van der Waals surface area contributed by atoms with Gasteiger partial charge in [-0.2, -0.15) is 0 Å². The van der Waals surface area contributed by atoms with Gasteiger partial charge >= 0.3 is 0 Å². The molecule has 0 bridgehead atoms. The summed E-state index contributed by atoms with van der Waals surface area (Å²) in [6.45, 7) is 5.93. The minimum Gasteiger partial charge on any atom is -0.496 e. The fourth-order valence-corrected chi connectivity index (χ4v) is 2.22. The van der Waals surface area contributed by atoms with Crippen molar-refractivity contribution in [3.63, 3.8) is 0 Å². The van der Waals surface area contributed by atoms with Gasteiger partial charge in [0.05, 0.1) is 7.11 Å². The third kappa shape index (κ3) is 6.35. The minimum absolute atomic E-state index is 0. The van der Waals surface area contributed by atoms with Crippen LogP contribution >= 0.6 is 12.4 Å². The van der Waals surface area contributed by atoms with E-state index in [1.807, 2.05) is 30.3 Å². The molecule has 0 unspecified atom stereocenters. The second kappa shape index (κ2) is 10.7. The Morgan fingerprint density at radius 3 is 2.52 bits per heavy atom. The number of hydrogen-bond acceptors (Lipinski definition) is 3. The smallest absolute Gasteiger partial charge is 0.122 e. The molecule has 0 fully saturated rings. The van der Waals surface area contributed by atoms with Crippen molar-refractivity contribution in [1.29, 1.82) is 0 Å². The minimum atomic E-state index is 0. The molecule has 4 heteroatoms. The zero-order valence-electron chi connectivity index (χ0n) is 13.5. The molecular weight excluding hydrogens is 310 g/mol. The summed E-state index contributed by atoms with van der Waals surface area (Å²) in [4.78, 5) is 0. The van der Waals surface area contributed by atoms with Gasteiger partial charge in [-0.25, -0.2) is 0 Å².